The highest BCUT2D eigenvalue weighted by Crippen LogP contribution is 2.18. The lowest BCUT2D eigenvalue weighted by atomic mass is 10.1. The minimum atomic E-state index is -0.963. The molecule has 0 atom stereocenters. The van der Waals surface area contributed by atoms with Gasteiger partial charge in [0.05, 0.1) is 20.0 Å². The van der Waals surface area contributed by atoms with Crippen molar-refractivity contribution in [2.45, 2.75) is 12.8 Å². The molecule has 0 fully saturated rings. The van der Waals surface area contributed by atoms with Crippen LogP contribution in [0, 0.1) is 0 Å². The highest BCUT2D eigenvalue weighted by atomic mass is 16.5. The second-order valence-electron chi connectivity index (χ2n) is 3.33. The number of hydrogen-bond donors (Lipinski definition) is 2. The predicted octanol–water partition coefficient (Wildman–Crippen LogP) is 0.949. The molecule has 2 N–H and O–H groups in total. The van der Waals surface area contributed by atoms with Gasteiger partial charge in [0, 0.05) is 0 Å². The number of benzene rings is 1. The number of ether oxygens (including phenoxy) is 1. The van der Waals surface area contributed by atoms with Crippen LogP contribution in [0.2, 0.25) is 0 Å². The Morgan fingerprint density at radius 2 is 1.50 bits per heavy atom. The molecule has 0 radical (unpaired) electrons. The number of methoxy groups -OCH3 is 1. The van der Waals surface area contributed by atoms with E-state index in [4.69, 9.17) is 14.9 Å². The van der Waals surface area contributed by atoms with Crippen LogP contribution in [-0.4, -0.2) is 29.3 Å². The maximum absolute atomic E-state index is 10.5. The van der Waals surface area contributed by atoms with Gasteiger partial charge in [0.2, 0.25) is 0 Å². The van der Waals surface area contributed by atoms with Gasteiger partial charge in [0.1, 0.15) is 5.75 Å². The number of hydrogen-bond acceptors (Lipinski definition) is 3. The van der Waals surface area contributed by atoms with Gasteiger partial charge in [-0.05, 0) is 23.3 Å². The minimum Gasteiger partial charge on any atom is -0.497 e. The SMILES string of the molecule is COc1cc(CC(=O)O)cc(CC(=O)O)c1. The summed E-state index contributed by atoms with van der Waals surface area (Å²) in [5.41, 5.74) is 1.06. The average Bonchev–Trinajstić information content (AvgIpc) is 2.14. The molecule has 1 rings (SSSR count). The van der Waals surface area contributed by atoms with Crippen LogP contribution in [0.5, 0.6) is 5.75 Å². The summed E-state index contributed by atoms with van der Waals surface area (Å²) >= 11 is 0. The van der Waals surface area contributed by atoms with E-state index < -0.39 is 11.9 Å². The van der Waals surface area contributed by atoms with E-state index in [-0.39, 0.29) is 12.8 Å². The lowest BCUT2D eigenvalue weighted by molar-refractivity contribution is -0.137. The maximum Gasteiger partial charge on any atom is 0.307 e. The molecule has 0 spiro atoms. The van der Waals surface area contributed by atoms with Gasteiger partial charge in [-0.1, -0.05) is 6.07 Å². The van der Waals surface area contributed by atoms with Crippen molar-refractivity contribution in [2.75, 3.05) is 7.11 Å². The van der Waals surface area contributed by atoms with E-state index in [1.165, 1.54) is 7.11 Å². The molecule has 5 nitrogen and oxygen atoms in total. The van der Waals surface area contributed by atoms with Crippen LogP contribution >= 0.6 is 0 Å². The van der Waals surface area contributed by atoms with E-state index >= 15 is 0 Å². The molecule has 0 heterocycles. The zero-order chi connectivity index (χ0) is 12.1. The Labute approximate surface area is 92.3 Å². The van der Waals surface area contributed by atoms with Gasteiger partial charge < -0.3 is 14.9 Å². The third-order valence-corrected chi connectivity index (χ3v) is 1.97. The van der Waals surface area contributed by atoms with E-state index in [0.29, 0.717) is 16.9 Å². The summed E-state index contributed by atoms with van der Waals surface area (Å²) in [6.45, 7) is 0. The summed E-state index contributed by atoms with van der Waals surface area (Å²) in [6, 6.07) is 4.73. The largest absolute Gasteiger partial charge is 0.497 e. The summed E-state index contributed by atoms with van der Waals surface area (Å²) in [7, 11) is 1.45. The average molecular weight is 224 g/mol. The fourth-order valence-electron chi connectivity index (χ4n) is 1.40. The number of aliphatic carboxylic acids is 2. The first kappa shape index (κ1) is 12.0. The van der Waals surface area contributed by atoms with Crippen LogP contribution in [-0.2, 0) is 22.4 Å². The van der Waals surface area contributed by atoms with E-state index in [1.807, 2.05) is 0 Å². The summed E-state index contributed by atoms with van der Waals surface area (Å²) in [5.74, 6) is -1.46. The Kier molecular flexibility index (Phi) is 3.88. The number of carboxylic acid groups (broad SMARTS) is 2. The van der Waals surface area contributed by atoms with Crippen LogP contribution in [0.4, 0.5) is 0 Å². The molecule has 86 valence electrons. The zero-order valence-electron chi connectivity index (χ0n) is 8.77. The number of carbonyl (C=O) groups is 2. The first-order valence-corrected chi connectivity index (χ1v) is 4.61. The molecule has 0 bridgehead atoms. The van der Waals surface area contributed by atoms with Crippen LogP contribution in [0.1, 0.15) is 11.1 Å². The summed E-state index contributed by atoms with van der Waals surface area (Å²) in [5, 5.41) is 17.3. The Morgan fingerprint density at radius 1 is 1.06 bits per heavy atom. The van der Waals surface area contributed by atoms with Crippen LogP contribution < -0.4 is 4.74 Å². The topological polar surface area (TPSA) is 83.8 Å². The van der Waals surface area contributed by atoms with Crippen molar-refractivity contribution in [3.63, 3.8) is 0 Å². The molecule has 0 saturated heterocycles. The molecule has 0 aromatic heterocycles. The molecule has 1 aromatic rings. The lowest BCUT2D eigenvalue weighted by Gasteiger charge is -2.06. The Hall–Kier alpha value is -2.04. The van der Waals surface area contributed by atoms with E-state index in [9.17, 15) is 9.59 Å². The third-order valence-electron chi connectivity index (χ3n) is 1.97. The summed E-state index contributed by atoms with van der Waals surface area (Å²) in [6.07, 6.45) is -0.298. The van der Waals surface area contributed by atoms with Gasteiger partial charge in [0.25, 0.3) is 0 Å². The Morgan fingerprint density at radius 3 is 1.81 bits per heavy atom. The molecule has 0 aliphatic heterocycles. The predicted molar refractivity (Wildman–Crippen MR) is 55.7 cm³/mol. The van der Waals surface area contributed by atoms with Crippen LogP contribution in [0.3, 0.4) is 0 Å². The standard InChI is InChI=1S/C11H12O5/c1-16-9-3-7(5-10(12)13)2-8(4-9)6-11(14)15/h2-4H,5-6H2,1H3,(H,12,13)(H,14,15). The first-order valence-electron chi connectivity index (χ1n) is 4.61. The van der Waals surface area contributed by atoms with Gasteiger partial charge in [-0.3, -0.25) is 9.59 Å². The van der Waals surface area contributed by atoms with Gasteiger partial charge in [-0.15, -0.1) is 0 Å². The van der Waals surface area contributed by atoms with Crippen molar-refractivity contribution in [2.24, 2.45) is 0 Å². The fraction of sp³-hybridized carbons (Fsp3) is 0.273. The van der Waals surface area contributed by atoms with Crippen LogP contribution in [0.25, 0.3) is 0 Å². The molecule has 5 heteroatoms. The fourth-order valence-corrected chi connectivity index (χ4v) is 1.40. The van der Waals surface area contributed by atoms with Crippen molar-refractivity contribution in [3.05, 3.63) is 29.3 Å². The smallest absolute Gasteiger partial charge is 0.307 e. The Bertz CT molecular complexity index is 377. The molecule has 0 aliphatic carbocycles. The molecule has 0 unspecified atom stereocenters. The second-order valence-corrected chi connectivity index (χ2v) is 3.33. The highest BCUT2D eigenvalue weighted by Gasteiger charge is 2.07. The third kappa shape index (κ3) is 3.61. The van der Waals surface area contributed by atoms with E-state index in [1.54, 1.807) is 18.2 Å². The van der Waals surface area contributed by atoms with Crippen LogP contribution in [0.15, 0.2) is 18.2 Å². The second kappa shape index (κ2) is 5.16. The van der Waals surface area contributed by atoms with Gasteiger partial charge >= 0.3 is 11.9 Å². The normalized spacial score (nSPS) is 9.81. The Balaban J connectivity index is 3.00. The lowest BCUT2D eigenvalue weighted by Crippen LogP contribution is -2.04. The minimum absolute atomic E-state index is 0.149. The molecule has 0 amide bonds. The summed E-state index contributed by atoms with van der Waals surface area (Å²) < 4.78 is 4.97. The highest BCUT2D eigenvalue weighted by molar-refractivity contribution is 5.72. The van der Waals surface area contributed by atoms with Gasteiger partial charge in [-0.25, -0.2) is 0 Å². The maximum atomic E-state index is 10.5. The molecule has 1 aromatic carbocycles. The van der Waals surface area contributed by atoms with Crippen molar-refractivity contribution >= 4 is 11.9 Å². The van der Waals surface area contributed by atoms with Crippen molar-refractivity contribution in [3.8, 4) is 5.75 Å². The van der Waals surface area contributed by atoms with Gasteiger partial charge in [-0.2, -0.15) is 0 Å². The zero-order valence-corrected chi connectivity index (χ0v) is 8.77. The molecule has 0 aliphatic rings. The van der Waals surface area contributed by atoms with E-state index in [0.717, 1.165) is 0 Å². The van der Waals surface area contributed by atoms with Crippen molar-refractivity contribution in [1.29, 1.82) is 0 Å². The number of carboxylic acids is 2. The molecule has 16 heavy (non-hydrogen) atoms. The monoisotopic (exact) mass is 224 g/mol. The van der Waals surface area contributed by atoms with Crippen molar-refractivity contribution < 1.29 is 24.5 Å². The van der Waals surface area contributed by atoms with Crippen molar-refractivity contribution in [1.82, 2.24) is 0 Å². The summed E-state index contributed by atoms with van der Waals surface area (Å²) in [4.78, 5) is 21.1. The first-order chi connectivity index (χ1) is 7.51. The number of rotatable bonds is 5. The van der Waals surface area contributed by atoms with Gasteiger partial charge in [0.15, 0.2) is 0 Å². The molecular formula is C11H12O5. The molecule has 0 saturated carbocycles. The quantitative estimate of drug-likeness (QED) is 0.777. The van der Waals surface area contributed by atoms with E-state index in [2.05, 4.69) is 0 Å². The molecular weight excluding hydrogens is 212 g/mol.